The molecular weight excluding hydrogens is 450 g/mol. The highest BCUT2D eigenvalue weighted by Gasteiger charge is 2.18. The van der Waals surface area contributed by atoms with Crippen LogP contribution in [0.4, 0.5) is 20.3 Å². The molecule has 182 valence electrons. The van der Waals surface area contributed by atoms with Gasteiger partial charge in [-0.25, -0.2) is 9.37 Å². The molecule has 0 unspecified atom stereocenters. The number of likely N-dealkylation sites (N-methyl/N-ethyl adjacent to an activating group) is 1. The molecule has 0 radical (unpaired) electrons. The Morgan fingerprint density at radius 3 is 2.46 bits per heavy atom. The fraction of sp³-hybridized carbons (Fsp3) is 0.308. The summed E-state index contributed by atoms with van der Waals surface area (Å²) in [5, 5.41) is 3.34. The number of H-pyrrole nitrogens is 1. The molecule has 0 bridgehead atoms. The van der Waals surface area contributed by atoms with Gasteiger partial charge >= 0.3 is 0 Å². The maximum Gasteiger partial charge on any atom is 0.261 e. The number of aryl methyl sites for hydroxylation is 1. The van der Waals surface area contributed by atoms with Crippen LogP contribution in [0.15, 0.2) is 48.8 Å². The zero-order chi connectivity index (χ0) is 24.4. The second kappa shape index (κ2) is 9.97. The van der Waals surface area contributed by atoms with Crippen molar-refractivity contribution < 1.29 is 13.5 Å². The lowest BCUT2D eigenvalue weighted by molar-refractivity contribution is 0.132. The summed E-state index contributed by atoms with van der Waals surface area (Å²) in [6.07, 6.45) is 1.18. The van der Waals surface area contributed by atoms with E-state index in [1.807, 2.05) is 31.2 Å². The van der Waals surface area contributed by atoms with Crippen molar-refractivity contribution in [2.75, 3.05) is 38.0 Å². The summed E-state index contributed by atoms with van der Waals surface area (Å²) < 4.78 is 35.4. The van der Waals surface area contributed by atoms with Crippen LogP contribution in [0.2, 0.25) is 0 Å². The number of anilines is 2. The Kier molecular flexibility index (Phi) is 6.61. The van der Waals surface area contributed by atoms with Crippen LogP contribution in [-0.4, -0.2) is 57.5 Å². The minimum atomic E-state index is -0.796. The van der Waals surface area contributed by atoms with E-state index >= 15 is 4.39 Å². The zero-order valence-electron chi connectivity index (χ0n) is 19.8. The molecule has 2 aromatic carbocycles. The van der Waals surface area contributed by atoms with E-state index in [2.05, 4.69) is 37.0 Å². The molecular formula is C26H28F2N6O. The SMILES string of the molecule is CCN1CCN(Cc2ccc(Nc3ncnc(Oc4ccc5[nH]c(C)cc5c4F)c3F)cc2)CC1. The summed E-state index contributed by atoms with van der Waals surface area (Å²) in [5.74, 6) is -1.88. The summed E-state index contributed by atoms with van der Waals surface area (Å²) in [7, 11) is 0. The van der Waals surface area contributed by atoms with E-state index in [-0.39, 0.29) is 17.4 Å². The third kappa shape index (κ3) is 5.11. The van der Waals surface area contributed by atoms with Gasteiger partial charge in [0.25, 0.3) is 5.88 Å². The number of aromatic amines is 1. The van der Waals surface area contributed by atoms with E-state index in [1.54, 1.807) is 12.1 Å². The summed E-state index contributed by atoms with van der Waals surface area (Å²) in [4.78, 5) is 15.8. The van der Waals surface area contributed by atoms with Crippen LogP contribution in [-0.2, 0) is 6.54 Å². The van der Waals surface area contributed by atoms with Crippen LogP contribution in [0, 0.1) is 18.6 Å². The molecule has 3 heterocycles. The number of rotatable bonds is 7. The third-order valence-corrected chi connectivity index (χ3v) is 6.34. The molecule has 0 amide bonds. The van der Waals surface area contributed by atoms with Crippen molar-refractivity contribution >= 4 is 22.4 Å². The highest BCUT2D eigenvalue weighted by atomic mass is 19.1. The maximum absolute atomic E-state index is 15.1. The molecule has 0 saturated carbocycles. The highest BCUT2D eigenvalue weighted by Crippen LogP contribution is 2.32. The van der Waals surface area contributed by atoms with Crippen LogP contribution >= 0.6 is 0 Å². The Morgan fingerprint density at radius 1 is 0.971 bits per heavy atom. The van der Waals surface area contributed by atoms with Crippen molar-refractivity contribution in [3.05, 3.63) is 71.7 Å². The minimum Gasteiger partial charge on any atom is -0.433 e. The van der Waals surface area contributed by atoms with Crippen LogP contribution in [0.25, 0.3) is 10.9 Å². The molecule has 2 aromatic heterocycles. The summed E-state index contributed by atoms with van der Waals surface area (Å²) in [5.41, 5.74) is 3.34. The van der Waals surface area contributed by atoms with Crippen LogP contribution in [0.3, 0.4) is 0 Å². The number of ether oxygens (including phenoxy) is 1. The second-order valence-corrected chi connectivity index (χ2v) is 8.77. The summed E-state index contributed by atoms with van der Waals surface area (Å²) >= 11 is 0. The van der Waals surface area contributed by atoms with Crippen molar-refractivity contribution in [1.82, 2.24) is 24.8 Å². The molecule has 7 nitrogen and oxygen atoms in total. The number of hydrogen-bond acceptors (Lipinski definition) is 6. The molecule has 1 fully saturated rings. The van der Waals surface area contributed by atoms with E-state index < -0.39 is 11.6 Å². The Labute approximate surface area is 202 Å². The predicted molar refractivity (Wildman–Crippen MR) is 132 cm³/mol. The lowest BCUT2D eigenvalue weighted by Crippen LogP contribution is -2.45. The van der Waals surface area contributed by atoms with Gasteiger partial charge in [0.1, 0.15) is 6.33 Å². The normalized spacial score (nSPS) is 15.0. The van der Waals surface area contributed by atoms with Gasteiger partial charge < -0.3 is 19.9 Å². The number of nitrogens with zero attached hydrogens (tertiary/aromatic N) is 4. The standard InChI is InChI=1S/C26H28F2N6O/c1-3-33-10-12-34(13-11-33)15-18-4-6-19(7-5-18)32-25-24(28)26(30-16-29-25)35-22-9-8-21-20(23(22)27)14-17(2)31-21/h4-9,14,16,31H,3,10-13,15H2,1-2H3,(H,29,30,32). The van der Waals surface area contributed by atoms with Crippen LogP contribution < -0.4 is 10.1 Å². The van der Waals surface area contributed by atoms with Gasteiger partial charge in [-0.1, -0.05) is 19.1 Å². The molecule has 1 aliphatic heterocycles. The summed E-state index contributed by atoms with van der Waals surface area (Å²) in [6, 6.07) is 12.6. The van der Waals surface area contributed by atoms with Crippen molar-refractivity contribution in [1.29, 1.82) is 0 Å². The molecule has 4 aromatic rings. The Balaban J connectivity index is 1.26. The monoisotopic (exact) mass is 478 g/mol. The predicted octanol–water partition coefficient (Wildman–Crippen LogP) is 5.22. The van der Waals surface area contributed by atoms with Crippen molar-refractivity contribution in [2.24, 2.45) is 0 Å². The Hall–Kier alpha value is -3.56. The molecule has 0 atom stereocenters. The highest BCUT2D eigenvalue weighted by molar-refractivity contribution is 5.82. The van der Waals surface area contributed by atoms with Gasteiger partial charge in [-0.2, -0.15) is 9.37 Å². The van der Waals surface area contributed by atoms with Gasteiger partial charge in [0.2, 0.25) is 5.82 Å². The van der Waals surface area contributed by atoms with E-state index in [0.29, 0.717) is 16.6 Å². The number of halogens is 2. The first-order valence-corrected chi connectivity index (χ1v) is 11.8. The largest absolute Gasteiger partial charge is 0.433 e. The van der Waals surface area contributed by atoms with Gasteiger partial charge in [-0.15, -0.1) is 0 Å². The number of fused-ring (bicyclic) bond motifs is 1. The first-order valence-electron chi connectivity index (χ1n) is 11.8. The van der Waals surface area contributed by atoms with Crippen LogP contribution in [0.1, 0.15) is 18.2 Å². The summed E-state index contributed by atoms with van der Waals surface area (Å²) in [6.45, 7) is 10.3. The van der Waals surface area contributed by atoms with Gasteiger partial charge in [-0.3, -0.25) is 4.90 Å². The van der Waals surface area contributed by atoms with E-state index in [1.165, 1.54) is 18.0 Å². The molecule has 0 aliphatic carbocycles. The zero-order valence-corrected chi connectivity index (χ0v) is 19.8. The topological polar surface area (TPSA) is 69.3 Å². The number of aromatic nitrogens is 3. The van der Waals surface area contributed by atoms with E-state index in [9.17, 15) is 4.39 Å². The van der Waals surface area contributed by atoms with Crippen molar-refractivity contribution in [3.63, 3.8) is 0 Å². The van der Waals surface area contributed by atoms with Gasteiger partial charge in [0, 0.05) is 55.0 Å². The van der Waals surface area contributed by atoms with Gasteiger partial charge in [0.05, 0.1) is 0 Å². The van der Waals surface area contributed by atoms with E-state index in [0.717, 1.165) is 45.0 Å². The molecule has 5 rings (SSSR count). The average Bonchev–Trinajstić information content (AvgIpc) is 3.26. The maximum atomic E-state index is 15.1. The fourth-order valence-corrected chi connectivity index (χ4v) is 4.34. The number of piperazine rings is 1. The molecule has 1 aliphatic rings. The fourth-order valence-electron chi connectivity index (χ4n) is 4.34. The van der Waals surface area contributed by atoms with Crippen molar-refractivity contribution in [3.8, 4) is 11.6 Å². The third-order valence-electron chi connectivity index (χ3n) is 6.34. The van der Waals surface area contributed by atoms with Gasteiger partial charge in [-0.05, 0) is 49.4 Å². The Morgan fingerprint density at radius 2 is 1.71 bits per heavy atom. The average molecular weight is 479 g/mol. The first-order chi connectivity index (χ1) is 17.0. The molecule has 2 N–H and O–H groups in total. The number of benzene rings is 2. The molecule has 0 spiro atoms. The second-order valence-electron chi connectivity index (χ2n) is 8.77. The molecule has 35 heavy (non-hydrogen) atoms. The minimum absolute atomic E-state index is 0.0441. The quantitative estimate of drug-likeness (QED) is 0.380. The molecule has 9 heteroatoms. The van der Waals surface area contributed by atoms with E-state index in [4.69, 9.17) is 4.74 Å². The molecule has 1 saturated heterocycles. The smallest absolute Gasteiger partial charge is 0.261 e. The number of hydrogen-bond donors (Lipinski definition) is 2. The van der Waals surface area contributed by atoms with Crippen LogP contribution in [0.5, 0.6) is 11.6 Å². The Bertz CT molecular complexity index is 1320. The first kappa shape index (κ1) is 23.2. The van der Waals surface area contributed by atoms with Gasteiger partial charge in [0.15, 0.2) is 17.4 Å². The lowest BCUT2D eigenvalue weighted by Gasteiger charge is -2.34. The van der Waals surface area contributed by atoms with Crippen molar-refractivity contribution in [2.45, 2.75) is 20.4 Å². The number of nitrogens with one attached hydrogen (secondary N) is 2. The lowest BCUT2D eigenvalue weighted by atomic mass is 10.1.